The maximum atomic E-state index is 11.7. The SMILES string of the molecule is Cn1cc(C(=O)NS(C)(=O)=O)nc1-c1ccccc1Cl. The summed E-state index contributed by atoms with van der Waals surface area (Å²) in [5.41, 5.74) is 0.669. The Morgan fingerprint density at radius 3 is 2.60 bits per heavy atom. The maximum absolute atomic E-state index is 11.7. The minimum Gasteiger partial charge on any atom is -0.333 e. The number of aromatic nitrogens is 2. The van der Waals surface area contributed by atoms with Crippen molar-refractivity contribution in [3.63, 3.8) is 0 Å². The Morgan fingerprint density at radius 2 is 2.00 bits per heavy atom. The van der Waals surface area contributed by atoms with Crippen LogP contribution in [0.25, 0.3) is 11.4 Å². The normalized spacial score (nSPS) is 11.3. The van der Waals surface area contributed by atoms with Crippen molar-refractivity contribution in [2.45, 2.75) is 0 Å². The van der Waals surface area contributed by atoms with Crippen LogP contribution in [0.5, 0.6) is 0 Å². The van der Waals surface area contributed by atoms with Crippen molar-refractivity contribution in [2.24, 2.45) is 7.05 Å². The van der Waals surface area contributed by atoms with Crippen LogP contribution < -0.4 is 4.72 Å². The summed E-state index contributed by atoms with van der Waals surface area (Å²) in [6.07, 6.45) is 2.35. The molecule has 0 aliphatic carbocycles. The number of rotatable bonds is 3. The van der Waals surface area contributed by atoms with E-state index in [1.54, 1.807) is 35.9 Å². The van der Waals surface area contributed by atoms with Gasteiger partial charge in [-0.05, 0) is 12.1 Å². The molecule has 1 aromatic heterocycles. The van der Waals surface area contributed by atoms with Gasteiger partial charge >= 0.3 is 0 Å². The Labute approximate surface area is 121 Å². The number of hydrogen-bond donors (Lipinski definition) is 1. The lowest BCUT2D eigenvalue weighted by Crippen LogP contribution is -2.29. The molecule has 106 valence electrons. The summed E-state index contributed by atoms with van der Waals surface area (Å²) >= 11 is 6.08. The average Bonchev–Trinajstić information content (AvgIpc) is 2.70. The quantitative estimate of drug-likeness (QED) is 0.929. The van der Waals surface area contributed by atoms with E-state index in [1.165, 1.54) is 6.20 Å². The molecule has 0 aliphatic rings. The first kappa shape index (κ1) is 14.5. The highest BCUT2D eigenvalue weighted by Gasteiger charge is 2.17. The Bertz CT molecular complexity index is 768. The monoisotopic (exact) mass is 313 g/mol. The summed E-state index contributed by atoms with van der Waals surface area (Å²) in [5.74, 6) is -0.296. The molecule has 0 aliphatic heterocycles. The third kappa shape index (κ3) is 3.17. The van der Waals surface area contributed by atoms with Gasteiger partial charge in [-0.2, -0.15) is 0 Å². The standard InChI is InChI=1S/C12H12ClN3O3S/c1-16-7-10(12(17)15-20(2,18)19)14-11(16)8-5-3-4-6-9(8)13/h3-7H,1-2H3,(H,15,17). The van der Waals surface area contributed by atoms with Crippen LogP contribution in [-0.2, 0) is 17.1 Å². The van der Waals surface area contributed by atoms with E-state index in [0.29, 0.717) is 16.4 Å². The van der Waals surface area contributed by atoms with Crippen molar-refractivity contribution in [1.82, 2.24) is 14.3 Å². The van der Waals surface area contributed by atoms with E-state index >= 15 is 0 Å². The molecule has 20 heavy (non-hydrogen) atoms. The molecule has 2 rings (SSSR count). The highest BCUT2D eigenvalue weighted by Crippen LogP contribution is 2.26. The molecule has 0 spiro atoms. The highest BCUT2D eigenvalue weighted by atomic mass is 35.5. The third-order valence-electron chi connectivity index (χ3n) is 2.50. The summed E-state index contributed by atoms with van der Waals surface area (Å²) in [5, 5.41) is 0.497. The number of sulfonamides is 1. The zero-order chi connectivity index (χ0) is 14.9. The van der Waals surface area contributed by atoms with E-state index in [2.05, 4.69) is 4.98 Å². The summed E-state index contributed by atoms with van der Waals surface area (Å²) in [6.45, 7) is 0. The molecule has 0 fully saturated rings. The molecule has 0 saturated carbocycles. The second-order valence-corrected chi connectivity index (χ2v) is 6.40. The third-order valence-corrected chi connectivity index (χ3v) is 3.39. The van der Waals surface area contributed by atoms with Crippen LogP contribution in [-0.4, -0.2) is 30.1 Å². The number of nitrogens with zero attached hydrogens (tertiary/aromatic N) is 2. The lowest BCUT2D eigenvalue weighted by atomic mass is 10.2. The van der Waals surface area contributed by atoms with E-state index in [1.807, 2.05) is 4.72 Å². The summed E-state index contributed by atoms with van der Waals surface area (Å²) in [4.78, 5) is 15.9. The first-order chi connectivity index (χ1) is 9.28. The average molecular weight is 314 g/mol. The van der Waals surface area contributed by atoms with Gasteiger partial charge in [0.25, 0.3) is 5.91 Å². The first-order valence-electron chi connectivity index (χ1n) is 5.58. The Kier molecular flexibility index (Phi) is 3.82. The number of aryl methyl sites for hydroxylation is 1. The van der Waals surface area contributed by atoms with Crippen molar-refractivity contribution < 1.29 is 13.2 Å². The molecule has 0 radical (unpaired) electrons. The van der Waals surface area contributed by atoms with Crippen LogP contribution >= 0.6 is 11.6 Å². The second kappa shape index (κ2) is 5.26. The Morgan fingerprint density at radius 1 is 1.35 bits per heavy atom. The van der Waals surface area contributed by atoms with Crippen LogP contribution in [0.3, 0.4) is 0 Å². The fourth-order valence-electron chi connectivity index (χ4n) is 1.69. The highest BCUT2D eigenvalue weighted by molar-refractivity contribution is 7.89. The van der Waals surface area contributed by atoms with Gasteiger partial charge in [-0.1, -0.05) is 23.7 Å². The largest absolute Gasteiger partial charge is 0.333 e. The molecule has 0 saturated heterocycles. The maximum Gasteiger partial charge on any atom is 0.284 e. The second-order valence-electron chi connectivity index (χ2n) is 4.24. The Balaban J connectivity index is 2.41. The number of hydrogen-bond acceptors (Lipinski definition) is 4. The molecule has 1 N–H and O–H groups in total. The molecule has 0 atom stereocenters. The van der Waals surface area contributed by atoms with E-state index < -0.39 is 15.9 Å². The lowest BCUT2D eigenvalue weighted by Gasteiger charge is -2.02. The van der Waals surface area contributed by atoms with Crippen molar-refractivity contribution >= 4 is 27.5 Å². The molecular formula is C12H12ClN3O3S. The molecule has 1 heterocycles. The van der Waals surface area contributed by atoms with E-state index in [0.717, 1.165) is 6.26 Å². The van der Waals surface area contributed by atoms with Crippen molar-refractivity contribution in [3.8, 4) is 11.4 Å². The zero-order valence-electron chi connectivity index (χ0n) is 10.8. The number of nitrogens with one attached hydrogen (secondary N) is 1. The van der Waals surface area contributed by atoms with Gasteiger partial charge in [0.05, 0.1) is 11.3 Å². The molecule has 0 bridgehead atoms. The van der Waals surface area contributed by atoms with Gasteiger partial charge in [-0.25, -0.2) is 18.1 Å². The van der Waals surface area contributed by atoms with Crippen LogP contribution in [0.15, 0.2) is 30.5 Å². The van der Waals surface area contributed by atoms with Crippen LogP contribution in [0.1, 0.15) is 10.5 Å². The number of carbonyl (C=O) groups is 1. The molecule has 6 nitrogen and oxygen atoms in total. The van der Waals surface area contributed by atoms with E-state index in [9.17, 15) is 13.2 Å². The lowest BCUT2D eigenvalue weighted by molar-refractivity contribution is 0.0977. The van der Waals surface area contributed by atoms with Crippen molar-refractivity contribution in [1.29, 1.82) is 0 Å². The van der Waals surface area contributed by atoms with E-state index in [4.69, 9.17) is 11.6 Å². The number of halogens is 1. The van der Waals surface area contributed by atoms with E-state index in [-0.39, 0.29) is 5.69 Å². The van der Waals surface area contributed by atoms with Gasteiger partial charge in [-0.3, -0.25) is 4.79 Å². The number of imidazole rings is 1. The topological polar surface area (TPSA) is 81.1 Å². The number of benzene rings is 1. The van der Waals surface area contributed by atoms with Crippen LogP contribution in [0.2, 0.25) is 5.02 Å². The predicted molar refractivity (Wildman–Crippen MR) is 76.0 cm³/mol. The zero-order valence-corrected chi connectivity index (χ0v) is 12.4. The van der Waals surface area contributed by atoms with Gasteiger partial charge in [0.15, 0.2) is 0 Å². The van der Waals surface area contributed by atoms with Crippen LogP contribution in [0.4, 0.5) is 0 Å². The first-order valence-corrected chi connectivity index (χ1v) is 7.85. The fourth-order valence-corrected chi connectivity index (χ4v) is 2.35. The molecule has 1 aromatic carbocycles. The predicted octanol–water partition coefficient (Wildman–Crippen LogP) is 1.43. The van der Waals surface area contributed by atoms with Crippen molar-refractivity contribution in [3.05, 3.63) is 41.2 Å². The molecule has 1 amide bonds. The summed E-state index contributed by atoms with van der Waals surface area (Å²) < 4.78 is 25.6. The smallest absolute Gasteiger partial charge is 0.284 e. The van der Waals surface area contributed by atoms with Crippen LogP contribution in [0, 0.1) is 0 Å². The van der Waals surface area contributed by atoms with Crippen molar-refractivity contribution in [2.75, 3.05) is 6.26 Å². The van der Waals surface area contributed by atoms with Gasteiger partial charge < -0.3 is 4.57 Å². The number of amides is 1. The summed E-state index contributed by atoms with van der Waals surface area (Å²) in [6, 6.07) is 7.06. The molecule has 0 unspecified atom stereocenters. The molecule has 2 aromatic rings. The Hall–Kier alpha value is -1.86. The molecular weight excluding hydrogens is 302 g/mol. The molecule has 8 heteroatoms. The minimum absolute atomic E-state index is 0.00726. The van der Waals surface area contributed by atoms with Gasteiger partial charge in [-0.15, -0.1) is 0 Å². The number of carbonyl (C=O) groups excluding carboxylic acids is 1. The van der Waals surface area contributed by atoms with Gasteiger partial charge in [0.2, 0.25) is 10.0 Å². The minimum atomic E-state index is -3.62. The fraction of sp³-hybridized carbons (Fsp3) is 0.167. The summed E-state index contributed by atoms with van der Waals surface area (Å²) in [7, 11) is -1.93. The van der Waals surface area contributed by atoms with Gasteiger partial charge in [0.1, 0.15) is 11.5 Å². The van der Waals surface area contributed by atoms with Gasteiger partial charge in [0, 0.05) is 18.8 Å².